The highest BCUT2D eigenvalue weighted by Gasteiger charge is 2.35. The number of methoxy groups -OCH3 is 1. The molecule has 3 heterocycles. The average molecular weight is 847 g/mol. The maximum absolute atomic E-state index is 14.2. The Morgan fingerprint density at radius 1 is 0.590 bits per heavy atom. The number of nitrogens with zero attached hydrogens (tertiary/aromatic N) is 4. The van der Waals surface area contributed by atoms with E-state index in [9.17, 15) is 19.2 Å². The fourth-order valence-corrected chi connectivity index (χ4v) is 8.97. The summed E-state index contributed by atoms with van der Waals surface area (Å²) in [4.78, 5) is 60.0. The third-order valence-electron chi connectivity index (χ3n) is 12.4. The van der Waals surface area contributed by atoms with Gasteiger partial charge in [-0.05, 0) is 120 Å². The van der Waals surface area contributed by atoms with Crippen LogP contribution >= 0.6 is 0 Å². The molecule has 0 N–H and O–H groups in total. The van der Waals surface area contributed by atoms with Crippen molar-refractivity contribution in [2.45, 2.75) is 137 Å². The largest absolute Gasteiger partial charge is 0.489 e. The van der Waals surface area contributed by atoms with Crippen LogP contribution < -0.4 is 14.4 Å². The molecule has 6 rings (SSSR count). The van der Waals surface area contributed by atoms with Gasteiger partial charge in [0.05, 0.1) is 13.7 Å². The van der Waals surface area contributed by atoms with Crippen LogP contribution in [0.15, 0.2) is 36.4 Å². The van der Waals surface area contributed by atoms with Crippen molar-refractivity contribution in [2.75, 3.05) is 64.4 Å². The molecule has 3 amide bonds. The van der Waals surface area contributed by atoms with Crippen LogP contribution in [0.5, 0.6) is 11.5 Å². The number of carbonyl (C=O) groups is 4. The smallest absolute Gasteiger partial charge is 0.410 e. The number of hydrogen-bond acceptors (Lipinski definition) is 10. The van der Waals surface area contributed by atoms with Crippen molar-refractivity contribution < 1.29 is 42.9 Å². The van der Waals surface area contributed by atoms with Gasteiger partial charge in [-0.15, -0.1) is 0 Å². The van der Waals surface area contributed by atoms with Gasteiger partial charge in [-0.25, -0.2) is 14.4 Å². The van der Waals surface area contributed by atoms with Crippen molar-refractivity contribution in [3.63, 3.8) is 0 Å². The lowest BCUT2D eigenvalue weighted by molar-refractivity contribution is 0.0237. The molecule has 3 aliphatic heterocycles. The Morgan fingerprint density at radius 3 is 1.75 bits per heavy atom. The standard InChI is InChI=1S/C48H70N4O9/c1-46(2,3)34-14-11-32(12-15-34)39-29-33(13-18-40(39)59-37-21-24-52(31-37)45(56)61-48(7,8)9)42(53)50-22-19-36(20-23-50)58-41-30-35(16-17-38(41)43(54)57-10)49-25-27-51(28-26-49)44(55)60-47(4,5)6/h13,16-18,29-30,32,34,36-37H,11-12,14-15,19-28,31H2,1-10H3/t32-,34-,37-/m0/s1. The first-order valence-electron chi connectivity index (χ1n) is 22.4. The highest BCUT2D eigenvalue weighted by Crippen LogP contribution is 2.46. The first-order chi connectivity index (χ1) is 28.7. The number of amides is 3. The van der Waals surface area contributed by atoms with Gasteiger partial charge in [-0.1, -0.05) is 20.8 Å². The molecule has 2 aromatic carbocycles. The number of carbonyl (C=O) groups excluding carboxylic acids is 4. The van der Waals surface area contributed by atoms with E-state index in [1.807, 2.05) is 70.7 Å². The Labute approximate surface area is 363 Å². The van der Waals surface area contributed by atoms with Gasteiger partial charge in [0.1, 0.15) is 40.5 Å². The number of hydrogen-bond donors (Lipinski definition) is 0. The number of esters is 1. The Morgan fingerprint density at radius 2 is 1.16 bits per heavy atom. The minimum atomic E-state index is -0.565. The quantitative estimate of drug-likeness (QED) is 0.188. The van der Waals surface area contributed by atoms with Crippen LogP contribution in [0, 0.1) is 11.3 Å². The van der Waals surface area contributed by atoms with E-state index in [4.69, 9.17) is 23.7 Å². The lowest BCUT2D eigenvalue weighted by atomic mass is 9.68. The summed E-state index contributed by atoms with van der Waals surface area (Å²) in [7, 11) is 1.36. The van der Waals surface area contributed by atoms with Gasteiger partial charge < -0.3 is 43.3 Å². The molecular formula is C48H70N4O9. The molecule has 4 aliphatic rings. The van der Waals surface area contributed by atoms with Gasteiger partial charge in [0.2, 0.25) is 0 Å². The van der Waals surface area contributed by atoms with Crippen LogP contribution in [0.4, 0.5) is 15.3 Å². The topological polar surface area (TPSA) is 127 Å². The number of piperidine rings is 1. The zero-order chi connectivity index (χ0) is 44.3. The van der Waals surface area contributed by atoms with Crippen LogP contribution in [-0.2, 0) is 14.2 Å². The van der Waals surface area contributed by atoms with Crippen molar-refractivity contribution in [1.29, 1.82) is 0 Å². The summed E-state index contributed by atoms with van der Waals surface area (Å²) in [6.07, 6.45) is 5.23. The van der Waals surface area contributed by atoms with Crippen LogP contribution in [0.3, 0.4) is 0 Å². The maximum atomic E-state index is 14.2. The van der Waals surface area contributed by atoms with Crippen LogP contribution in [0.1, 0.15) is 139 Å². The van der Waals surface area contributed by atoms with E-state index < -0.39 is 17.2 Å². The highest BCUT2D eigenvalue weighted by atomic mass is 16.6. The second-order valence-corrected chi connectivity index (χ2v) is 20.4. The molecule has 61 heavy (non-hydrogen) atoms. The molecule has 1 saturated carbocycles. The SMILES string of the molecule is COC(=O)c1ccc(N2CCN(C(=O)OC(C)(C)C)CC2)cc1OC1CCN(C(=O)c2ccc(O[C@H]3CCN(C(=O)OC(C)(C)C)C3)c([C@H]3CC[C@H](C(C)(C)C)CC3)c2)CC1. The monoisotopic (exact) mass is 847 g/mol. The summed E-state index contributed by atoms with van der Waals surface area (Å²) >= 11 is 0. The van der Waals surface area contributed by atoms with E-state index in [1.165, 1.54) is 7.11 Å². The first kappa shape index (κ1) is 45.8. The van der Waals surface area contributed by atoms with Gasteiger partial charge >= 0.3 is 18.2 Å². The van der Waals surface area contributed by atoms with E-state index in [-0.39, 0.29) is 41.6 Å². The Balaban J connectivity index is 1.11. The molecule has 13 nitrogen and oxygen atoms in total. The van der Waals surface area contributed by atoms with E-state index in [0.29, 0.717) is 94.4 Å². The molecule has 2 aromatic rings. The van der Waals surface area contributed by atoms with Gasteiger partial charge in [0.25, 0.3) is 5.91 Å². The summed E-state index contributed by atoms with van der Waals surface area (Å²) in [6.45, 7) is 22.5. The Hall–Kier alpha value is -4.68. The lowest BCUT2D eigenvalue weighted by Crippen LogP contribution is -2.50. The predicted octanol–water partition coefficient (Wildman–Crippen LogP) is 8.92. The lowest BCUT2D eigenvalue weighted by Gasteiger charge is -2.38. The van der Waals surface area contributed by atoms with Crippen molar-refractivity contribution in [3.8, 4) is 11.5 Å². The van der Waals surface area contributed by atoms with Crippen molar-refractivity contribution in [1.82, 2.24) is 14.7 Å². The minimum Gasteiger partial charge on any atom is -0.489 e. The second kappa shape index (κ2) is 18.7. The number of rotatable bonds is 8. The first-order valence-corrected chi connectivity index (χ1v) is 22.4. The van der Waals surface area contributed by atoms with Crippen LogP contribution in [0.25, 0.3) is 0 Å². The predicted molar refractivity (Wildman–Crippen MR) is 235 cm³/mol. The zero-order valence-corrected chi connectivity index (χ0v) is 38.3. The molecule has 0 radical (unpaired) electrons. The van der Waals surface area contributed by atoms with Gasteiger partial charge in [0, 0.05) is 82.4 Å². The van der Waals surface area contributed by atoms with Crippen LogP contribution in [0.2, 0.25) is 0 Å². The van der Waals surface area contributed by atoms with E-state index in [0.717, 1.165) is 42.7 Å². The van der Waals surface area contributed by atoms with Gasteiger partial charge in [0.15, 0.2) is 0 Å². The summed E-state index contributed by atoms with van der Waals surface area (Å²) in [5.41, 5.74) is 2.08. The normalized spacial score (nSPS) is 21.8. The average Bonchev–Trinajstić information content (AvgIpc) is 3.68. The Kier molecular flexibility index (Phi) is 14.1. The van der Waals surface area contributed by atoms with E-state index in [1.54, 1.807) is 15.9 Å². The number of likely N-dealkylation sites (tertiary alicyclic amines) is 2. The van der Waals surface area contributed by atoms with E-state index in [2.05, 4.69) is 31.7 Å². The van der Waals surface area contributed by atoms with Gasteiger partial charge in [-0.2, -0.15) is 0 Å². The summed E-state index contributed by atoms with van der Waals surface area (Å²) in [5.74, 6) is 1.67. The third-order valence-corrected chi connectivity index (χ3v) is 12.4. The molecule has 4 fully saturated rings. The molecule has 336 valence electrons. The van der Waals surface area contributed by atoms with Gasteiger partial charge in [-0.3, -0.25) is 4.79 Å². The third kappa shape index (κ3) is 12.0. The summed E-state index contributed by atoms with van der Waals surface area (Å²) in [5, 5.41) is 0. The number of benzene rings is 2. The minimum absolute atomic E-state index is 0.0191. The van der Waals surface area contributed by atoms with Crippen molar-refractivity contribution in [3.05, 3.63) is 53.1 Å². The second-order valence-electron chi connectivity index (χ2n) is 20.4. The molecule has 13 heteroatoms. The maximum Gasteiger partial charge on any atom is 0.410 e. The fraction of sp³-hybridized carbons (Fsp3) is 0.667. The van der Waals surface area contributed by atoms with Crippen molar-refractivity contribution >= 4 is 29.8 Å². The zero-order valence-electron chi connectivity index (χ0n) is 38.3. The molecule has 0 bridgehead atoms. The molecule has 0 unspecified atom stereocenters. The number of piperazine rings is 1. The molecular weight excluding hydrogens is 777 g/mol. The molecule has 3 saturated heterocycles. The molecule has 1 atom stereocenters. The van der Waals surface area contributed by atoms with Crippen molar-refractivity contribution in [2.24, 2.45) is 11.3 Å². The van der Waals surface area contributed by atoms with Crippen LogP contribution in [-0.4, -0.2) is 122 Å². The number of anilines is 1. The molecule has 0 aromatic heterocycles. The Bertz CT molecular complexity index is 1870. The van der Waals surface area contributed by atoms with E-state index >= 15 is 0 Å². The highest BCUT2D eigenvalue weighted by molar-refractivity contribution is 5.95. The molecule has 0 spiro atoms. The summed E-state index contributed by atoms with van der Waals surface area (Å²) < 4.78 is 29.5. The molecule has 1 aliphatic carbocycles. The number of ether oxygens (including phenoxy) is 5. The fourth-order valence-electron chi connectivity index (χ4n) is 8.97. The summed E-state index contributed by atoms with van der Waals surface area (Å²) in [6, 6.07) is 11.4.